The number of hydrogen-bond acceptors (Lipinski definition) is 5. The summed E-state index contributed by atoms with van der Waals surface area (Å²) in [5, 5.41) is 3.44. The summed E-state index contributed by atoms with van der Waals surface area (Å²) in [7, 11) is 1.29. The first-order chi connectivity index (χ1) is 13.3. The van der Waals surface area contributed by atoms with Crippen molar-refractivity contribution in [1.82, 2.24) is 14.5 Å². The molecule has 0 aliphatic rings. The van der Waals surface area contributed by atoms with Crippen molar-refractivity contribution in [3.05, 3.63) is 52.4 Å². The van der Waals surface area contributed by atoms with Gasteiger partial charge in [-0.2, -0.15) is 18.2 Å². The van der Waals surface area contributed by atoms with Crippen LogP contribution < -0.4 is 15.6 Å². The molecule has 28 heavy (non-hydrogen) atoms. The fourth-order valence-corrected chi connectivity index (χ4v) is 2.75. The van der Waals surface area contributed by atoms with Crippen LogP contribution in [0, 0.1) is 0 Å². The lowest BCUT2D eigenvalue weighted by Crippen LogP contribution is -2.20. The van der Waals surface area contributed by atoms with Crippen molar-refractivity contribution in [2.75, 3.05) is 12.4 Å². The van der Waals surface area contributed by atoms with E-state index in [0.29, 0.717) is 17.6 Å². The number of alkyl halides is 3. The van der Waals surface area contributed by atoms with Gasteiger partial charge in [-0.15, -0.1) is 0 Å². The highest BCUT2D eigenvalue weighted by atomic mass is 19.4. The van der Waals surface area contributed by atoms with Gasteiger partial charge in [0.15, 0.2) is 0 Å². The van der Waals surface area contributed by atoms with Gasteiger partial charge in [-0.05, 0) is 24.6 Å². The highest BCUT2D eigenvalue weighted by Gasteiger charge is 2.31. The van der Waals surface area contributed by atoms with E-state index >= 15 is 0 Å². The van der Waals surface area contributed by atoms with Gasteiger partial charge in [-0.3, -0.25) is 9.36 Å². The molecule has 2 aromatic heterocycles. The summed E-state index contributed by atoms with van der Waals surface area (Å²) in [6, 6.07) is 6.35. The second kappa shape index (κ2) is 7.87. The number of nitrogens with one attached hydrogen (secondary N) is 1. The van der Waals surface area contributed by atoms with E-state index in [1.807, 2.05) is 6.92 Å². The number of ether oxygens (including phenoxy) is 1. The number of nitrogens with zero attached hydrogens (tertiary/aromatic N) is 3. The van der Waals surface area contributed by atoms with Gasteiger partial charge in [0.1, 0.15) is 11.4 Å². The number of fused-ring (bicyclic) bond motifs is 1. The van der Waals surface area contributed by atoms with Gasteiger partial charge >= 0.3 is 6.18 Å². The fraction of sp³-hybridized carbons (Fsp3) is 0.316. The molecule has 0 saturated heterocycles. The first-order valence-corrected chi connectivity index (χ1v) is 8.71. The average Bonchev–Trinajstić information content (AvgIpc) is 2.66. The number of pyridine rings is 1. The fourth-order valence-electron chi connectivity index (χ4n) is 2.75. The van der Waals surface area contributed by atoms with E-state index < -0.39 is 11.7 Å². The molecule has 0 fully saturated rings. The minimum atomic E-state index is -4.52. The molecule has 2 heterocycles. The lowest BCUT2D eigenvalue weighted by atomic mass is 10.2. The Kier molecular flexibility index (Phi) is 5.53. The largest absolute Gasteiger partial charge is 0.497 e. The van der Waals surface area contributed by atoms with E-state index in [2.05, 4.69) is 15.3 Å². The van der Waals surface area contributed by atoms with Crippen molar-refractivity contribution >= 4 is 22.7 Å². The molecule has 0 aliphatic heterocycles. The Morgan fingerprint density at radius 1 is 1.21 bits per heavy atom. The summed E-state index contributed by atoms with van der Waals surface area (Å²) >= 11 is 0. The summed E-state index contributed by atoms with van der Waals surface area (Å²) in [6.07, 6.45) is -1.28. The number of methoxy groups -OCH3 is 1. The monoisotopic (exact) mass is 392 g/mol. The zero-order valence-corrected chi connectivity index (χ0v) is 15.4. The van der Waals surface area contributed by atoms with Gasteiger partial charge in [-0.25, -0.2) is 4.98 Å². The van der Waals surface area contributed by atoms with Crippen LogP contribution in [0.1, 0.15) is 25.3 Å². The minimum absolute atomic E-state index is 0.0537. The molecule has 0 amide bonds. The van der Waals surface area contributed by atoms with E-state index in [1.54, 1.807) is 10.6 Å². The van der Waals surface area contributed by atoms with E-state index in [-0.39, 0.29) is 22.9 Å². The van der Waals surface area contributed by atoms with Gasteiger partial charge in [0.05, 0.1) is 12.7 Å². The highest BCUT2D eigenvalue weighted by molar-refractivity contribution is 5.75. The lowest BCUT2D eigenvalue weighted by molar-refractivity contribution is -0.137. The molecular weight excluding hydrogens is 373 g/mol. The molecule has 6 nitrogen and oxygen atoms in total. The van der Waals surface area contributed by atoms with Gasteiger partial charge in [0.2, 0.25) is 5.95 Å². The molecule has 148 valence electrons. The third-order valence-electron chi connectivity index (χ3n) is 4.18. The number of halogens is 3. The number of unbranched alkanes of at least 4 members (excludes halogenated alkanes) is 1. The van der Waals surface area contributed by atoms with Crippen molar-refractivity contribution in [3.63, 3.8) is 0 Å². The number of aryl methyl sites for hydroxylation is 1. The number of benzene rings is 1. The van der Waals surface area contributed by atoms with Crippen molar-refractivity contribution in [2.24, 2.45) is 0 Å². The highest BCUT2D eigenvalue weighted by Crippen LogP contribution is 2.34. The molecular formula is C19H19F3N4O2. The van der Waals surface area contributed by atoms with Crippen LogP contribution in [0.2, 0.25) is 0 Å². The number of rotatable bonds is 6. The second-order valence-electron chi connectivity index (χ2n) is 6.22. The van der Waals surface area contributed by atoms with Gasteiger partial charge < -0.3 is 10.1 Å². The third-order valence-corrected chi connectivity index (χ3v) is 4.18. The zero-order chi connectivity index (χ0) is 20.3. The van der Waals surface area contributed by atoms with Crippen molar-refractivity contribution < 1.29 is 17.9 Å². The summed E-state index contributed by atoms with van der Waals surface area (Å²) < 4.78 is 45.8. The Balaban J connectivity index is 2.02. The van der Waals surface area contributed by atoms with Crippen molar-refractivity contribution in [1.29, 1.82) is 0 Å². The number of anilines is 2. The van der Waals surface area contributed by atoms with Crippen LogP contribution in [0.3, 0.4) is 0 Å². The molecule has 0 saturated carbocycles. The Hall–Kier alpha value is -3.10. The van der Waals surface area contributed by atoms with Crippen LogP contribution in [0.15, 0.2) is 41.3 Å². The molecule has 1 aromatic carbocycles. The average molecular weight is 392 g/mol. The molecule has 3 rings (SSSR count). The molecule has 3 aromatic rings. The second-order valence-corrected chi connectivity index (χ2v) is 6.22. The van der Waals surface area contributed by atoms with E-state index in [9.17, 15) is 18.0 Å². The third kappa shape index (κ3) is 4.24. The van der Waals surface area contributed by atoms with Crippen LogP contribution in [0.5, 0.6) is 5.75 Å². The van der Waals surface area contributed by atoms with Crippen LogP contribution in [-0.4, -0.2) is 21.6 Å². The summed E-state index contributed by atoms with van der Waals surface area (Å²) in [6.45, 7) is 2.51. The normalized spacial score (nSPS) is 11.6. The van der Waals surface area contributed by atoms with Crippen LogP contribution in [0.25, 0.3) is 11.0 Å². The quantitative estimate of drug-likeness (QED) is 0.675. The van der Waals surface area contributed by atoms with Crippen LogP contribution in [0.4, 0.5) is 24.8 Å². The maximum absolute atomic E-state index is 13.1. The zero-order valence-electron chi connectivity index (χ0n) is 15.4. The van der Waals surface area contributed by atoms with Crippen LogP contribution >= 0.6 is 0 Å². The van der Waals surface area contributed by atoms with Gasteiger partial charge in [-0.1, -0.05) is 13.3 Å². The van der Waals surface area contributed by atoms with Gasteiger partial charge in [0.25, 0.3) is 5.56 Å². The Morgan fingerprint density at radius 3 is 2.68 bits per heavy atom. The molecule has 0 aliphatic carbocycles. The van der Waals surface area contributed by atoms with E-state index in [0.717, 1.165) is 25.0 Å². The van der Waals surface area contributed by atoms with Crippen molar-refractivity contribution in [3.8, 4) is 5.75 Å². The summed E-state index contributed by atoms with van der Waals surface area (Å²) in [5.74, 6) is 0.141. The molecule has 1 N–H and O–H groups in total. The van der Waals surface area contributed by atoms with Crippen molar-refractivity contribution in [2.45, 2.75) is 32.5 Å². The maximum atomic E-state index is 13.1. The Labute approximate surface area is 159 Å². The Morgan fingerprint density at radius 2 is 2.00 bits per heavy atom. The number of hydrogen-bond donors (Lipinski definition) is 1. The predicted octanol–water partition coefficient (Wildman–Crippen LogP) is 4.36. The smallest absolute Gasteiger partial charge is 0.416 e. The van der Waals surface area contributed by atoms with E-state index in [4.69, 9.17) is 4.74 Å². The standard InChI is InChI=1S/C19H19F3N4O2/c1-3-4-7-26-16(27)6-5-12-11-23-18(25-17(12)26)24-14-8-13(19(20,21)22)9-15(10-14)28-2/h5-6,8-11H,3-4,7H2,1-2H3,(H,23,24,25). The molecule has 0 radical (unpaired) electrons. The topological polar surface area (TPSA) is 69.0 Å². The Bertz CT molecular complexity index is 1050. The van der Waals surface area contributed by atoms with Crippen LogP contribution in [-0.2, 0) is 12.7 Å². The minimum Gasteiger partial charge on any atom is -0.497 e. The van der Waals surface area contributed by atoms with Gasteiger partial charge in [0, 0.05) is 35.9 Å². The maximum Gasteiger partial charge on any atom is 0.416 e. The van der Waals surface area contributed by atoms with E-state index in [1.165, 1.54) is 25.4 Å². The first kappa shape index (κ1) is 19.7. The SMILES string of the molecule is CCCCn1c(=O)ccc2cnc(Nc3cc(OC)cc(C(F)(F)F)c3)nc21. The molecule has 9 heteroatoms. The predicted molar refractivity (Wildman–Crippen MR) is 100.0 cm³/mol. The lowest BCUT2D eigenvalue weighted by Gasteiger charge is -2.13. The molecule has 0 unspecified atom stereocenters. The molecule has 0 bridgehead atoms. The first-order valence-electron chi connectivity index (χ1n) is 8.71. The summed E-state index contributed by atoms with van der Waals surface area (Å²) in [5.41, 5.74) is -0.483. The summed E-state index contributed by atoms with van der Waals surface area (Å²) in [4.78, 5) is 20.7. The molecule has 0 atom stereocenters. The molecule has 0 spiro atoms. The number of aromatic nitrogens is 3.